The molecule has 0 heterocycles. The van der Waals surface area contributed by atoms with Crippen molar-refractivity contribution in [2.75, 3.05) is 0 Å². The van der Waals surface area contributed by atoms with Crippen LogP contribution in [0.1, 0.15) is 45.7 Å². The molecule has 1 aromatic rings. The monoisotopic (exact) mass is 242 g/mol. The lowest BCUT2D eigenvalue weighted by Gasteiger charge is -2.14. The Morgan fingerprint density at radius 3 is 2.00 bits per heavy atom. The fourth-order valence-electron chi connectivity index (χ4n) is 1.65. The summed E-state index contributed by atoms with van der Waals surface area (Å²) in [5.41, 5.74) is 4.60. The molecule has 0 saturated carbocycles. The number of hydrogen-bond acceptors (Lipinski definition) is 0. The lowest BCUT2D eigenvalue weighted by atomic mass is 9.90. The van der Waals surface area contributed by atoms with Gasteiger partial charge < -0.3 is 0 Å². The summed E-state index contributed by atoms with van der Waals surface area (Å²) in [5.74, 6) is 0.458. The summed E-state index contributed by atoms with van der Waals surface area (Å²) in [6, 6.07) is 8.31. The van der Waals surface area contributed by atoms with Gasteiger partial charge >= 0.3 is 0 Å². The average Bonchev–Trinajstić information content (AvgIpc) is 2.40. The van der Waals surface area contributed by atoms with Crippen molar-refractivity contribution >= 4 is 11.1 Å². The van der Waals surface area contributed by atoms with Crippen molar-refractivity contribution < 1.29 is 0 Å². The molecule has 0 atom stereocenters. The Labute approximate surface area is 113 Å². The molecule has 0 aliphatic carbocycles. The molecular weight excluding hydrogens is 216 g/mol. The van der Waals surface area contributed by atoms with Gasteiger partial charge in [-0.15, -0.1) is 0 Å². The fourth-order valence-corrected chi connectivity index (χ4v) is 1.65. The van der Waals surface area contributed by atoms with E-state index in [2.05, 4.69) is 45.2 Å². The van der Waals surface area contributed by atoms with E-state index in [1.807, 2.05) is 39.0 Å². The van der Waals surface area contributed by atoms with Crippen LogP contribution in [0.5, 0.6) is 0 Å². The summed E-state index contributed by atoms with van der Waals surface area (Å²) in [7, 11) is 0. The van der Waals surface area contributed by atoms with Crippen LogP contribution in [-0.4, -0.2) is 0 Å². The summed E-state index contributed by atoms with van der Waals surface area (Å²) in [5, 5.41) is 0. The van der Waals surface area contributed by atoms with Crippen LogP contribution < -0.4 is 0 Å². The molecular formula is C18H26. The summed E-state index contributed by atoms with van der Waals surface area (Å²) >= 11 is 0. The minimum Gasteiger partial charge on any atom is -0.0950 e. The number of hydrogen-bond donors (Lipinski definition) is 0. The zero-order valence-electron chi connectivity index (χ0n) is 12.5. The predicted molar refractivity (Wildman–Crippen MR) is 85.5 cm³/mol. The molecule has 0 saturated heterocycles. The Balaban J connectivity index is 0.00000137. The van der Waals surface area contributed by atoms with Crippen molar-refractivity contribution in [2.45, 2.75) is 34.6 Å². The first kappa shape index (κ1) is 16.4. The number of allylic oxidation sites excluding steroid dienone is 4. The van der Waals surface area contributed by atoms with E-state index in [9.17, 15) is 0 Å². The zero-order valence-corrected chi connectivity index (χ0v) is 12.5. The van der Waals surface area contributed by atoms with Gasteiger partial charge in [0.25, 0.3) is 0 Å². The van der Waals surface area contributed by atoms with Crippen LogP contribution in [0.2, 0.25) is 0 Å². The molecule has 1 aromatic carbocycles. The molecule has 0 N–H and O–H groups in total. The van der Waals surface area contributed by atoms with Gasteiger partial charge in [0.2, 0.25) is 0 Å². The second kappa shape index (κ2) is 8.52. The van der Waals surface area contributed by atoms with Crippen molar-refractivity contribution in [1.29, 1.82) is 0 Å². The number of benzene rings is 1. The van der Waals surface area contributed by atoms with Crippen molar-refractivity contribution in [3.05, 3.63) is 60.7 Å². The Hall–Kier alpha value is -1.56. The SMILES string of the molecule is C=C(/C=C/C)c1ccccc1C(=C)C(C)C.CC. The van der Waals surface area contributed by atoms with Crippen LogP contribution in [0.15, 0.2) is 49.6 Å². The van der Waals surface area contributed by atoms with Crippen LogP contribution in [-0.2, 0) is 0 Å². The number of rotatable bonds is 4. The third-order valence-corrected chi connectivity index (χ3v) is 2.68. The van der Waals surface area contributed by atoms with Gasteiger partial charge in [-0.1, -0.05) is 77.3 Å². The minimum absolute atomic E-state index is 0.458. The maximum atomic E-state index is 4.16. The molecule has 0 nitrogen and oxygen atoms in total. The first-order chi connectivity index (χ1) is 8.57. The standard InChI is InChI=1S/C16H20.C2H6/c1-6-9-13(4)15-10-7-8-11-16(15)14(5)12(2)3;1-2/h6-12H,4-5H2,1-3H3;1-2H3/b9-6+;. The molecule has 0 unspecified atom stereocenters. The normalized spacial score (nSPS) is 10.1. The summed E-state index contributed by atoms with van der Waals surface area (Å²) in [4.78, 5) is 0. The molecule has 18 heavy (non-hydrogen) atoms. The average molecular weight is 242 g/mol. The Bertz CT molecular complexity index is 419. The van der Waals surface area contributed by atoms with Gasteiger partial charge in [-0.05, 0) is 35.1 Å². The second-order valence-corrected chi connectivity index (χ2v) is 4.25. The van der Waals surface area contributed by atoms with Crippen molar-refractivity contribution in [3.8, 4) is 0 Å². The van der Waals surface area contributed by atoms with Gasteiger partial charge in [-0.25, -0.2) is 0 Å². The van der Waals surface area contributed by atoms with Gasteiger partial charge in [0, 0.05) is 0 Å². The van der Waals surface area contributed by atoms with Crippen LogP contribution in [0.4, 0.5) is 0 Å². The highest BCUT2D eigenvalue weighted by Gasteiger charge is 2.09. The third-order valence-electron chi connectivity index (χ3n) is 2.68. The van der Waals surface area contributed by atoms with E-state index in [-0.39, 0.29) is 0 Å². The van der Waals surface area contributed by atoms with E-state index in [0.29, 0.717) is 5.92 Å². The van der Waals surface area contributed by atoms with Crippen LogP contribution in [0, 0.1) is 5.92 Å². The first-order valence-electron chi connectivity index (χ1n) is 6.68. The van der Waals surface area contributed by atoms with Gasteiger partial charge in [-0.2, -0.15) is 0 Å². The molecule has 0 heteroatoms. The van der Waals surface area contributed by atoms with Crippen LogP contribution in [0.3, 0.4) is 0 Å². The molecule has 0 aliphatic heterocycles. The molecule has 0 aliphatic rings. The topological polar surface area (TPSA) is 0 Å². The Kier molecular flexibility index (Phi) is 7.78. The lowest BCUT2D eigenvalue weighted by molar-refractivity contribution is 0.857. The molecule has 0 aromatic heterocycles. The van der Waals surface area contributed by atoms with Crippen LogP contribution in [0.25, 0.3) is 11.1 Å². The lowest BCUT2D eigenvalue weighted by Crippen LogP contribution is -1.96. The molecule has 0 bridgehead atoms. The van der Waals surface area contributed by atoms with Crippen molar-refractivity contribution in [3.63, 3.8) is 0 Å². The zero-order chi connectivity index (χ0) is 14.1. The highest BCUT2D eigenvalue weighted by Crippen LogP contribution is 2.28. The van der Waals surface area contributed by atoms with E-state index in [1.54, 1.807) is 0 Å². The summed E-state index contributed by atoms with van der Waals surface area (Å²) < 4.78 is 0. The van der Waals surface area contributed by atoms with Gasteiger partial charge in [0.05, 0.1) is 0 Å². The van der Waals surface area contributed by atoms with Crippen molar-refractivity contribution in [1.82, 2.24) is 0 Å². The third kappa shape index (κ3) is 4.37. The van der Waals surface area contributed by atoms with E-state index >= 15 is 0 Å². The maximum absolute atomic E-state index is 4.16. The van der Waals surface area contributed by atoms with E-state index in [1.165, 1.54) is 16.7 Å². The minimum atomic E-state index is 0.458. The van der Waals surface area contributed by atoms with E-state index in [0.717, 1.165) is 5.57 Å². The highest BCUT2D eigenvalue weighted by molar-refractivity contribution is 5.82. The molecule has 0 amide bonds. The van der Waals surface area contributed by atoms with Crippen LogP contribution >= 0.6 is 0 Å². The molecule has 1 rings (SSSR count). The Morgan fingerprint density at radius 2 is 1.56 bits per heavy atom. The Morgan fingerprint density at radius 1 is 1.06 bits per heavy atom. The largest absolute Gasteiger partial charge is 0.0950 e. The second-order valence-electron chi connectivity index (χ2n) is 4.25. The highest BCUT2D eigenvalue weighted by atomic mass is 14.1. The quantitative estimate of drug-likeness (QED) is 0.570. The fraction of sp³-hybridized carbons (Fsp3) is 0.333. The molecule has 98 valence electrons. The molecule has 0 spiro atoms. The predicted octanol–water partition coefficient (Wildman–Crippen LogP) is 5.97. The van der Waals surface area contributed by atoms with Crippen molar-refractivity contribution in [2.24, 2.45) is 5.92 Å². The summed E-state index contributed by atoms with van der Waals surface area (Å²) in [6.07, 6.45) is 4.05. The van der Waals surface area contributed by atoms with Gasteiger partial charge in [0.15, 0.2) is 0 Å². The first-order valence-corrected chi connectivity index (χ1v) is 6.68. The molecule has 0 radical (unpaired) electrons. The smallest absolute Gasteiger partial charge is 0.0115 e. The molecule has 0 fully saturated rings. The summed E-state index contributed by atoms with van der Waals surface area (Å²) in [6.45, 7) is 18.6. The van der Waals surface area contributed by atoms with E-state index < -0.39 is 0 Å². The van der Waals surface area contributed by atoms with Gasteiger partial charge in [-0.3, -0.25) is 0 Å². The van der Waals surface area contributed by atoms with Gasteiger partial charge in [0.1, 0.15) is 0 Å². The van der Waals surface area contributed by atoms with E-state index in [4.69, 9.17) is 0 Å². The maximum Gasteiger partial charge on any atom is -0.0115 e.